The van der Waals surface area contributed by atoms with Gasteiger partial charge in [-0.05, 0) is 38.1 Å². The van der Waals surface area contributed by atoms with E-state index < -0.39 is 15.5 Å². The fourth-order valence-corrected chi connectivity index (χ4v) is 4.44. The van der Waals surface area contributed by atoms with Crippen molar-refractivity contribution in [3.8, 4) is 0 Å². The first-order valence-corrected chi connectivity index (χ1v) is 11.5. The lowest BCUT2D eigenvalue weighted by Crippen LogP contribution is -2.47. The summed E-state index contributed by atoms with van der Waals surface area (Å²) in [6.07, 6.45) is 2.86. The van der Waals surface area contributed by atoms with E-state index in [2.05, 4.69) is 20.5 Å². The molecule has 8 nitrogen and oxygen atoms in total. The van der Waals surface area contributed by atoms with Crippen molar-refractivity contribution in [2.24, 2.45) is 10.9 Å². The van der Waals surface area contributed by atoms with E-state index in [1.807, 2.05) is 0 Å². The highest BCUT2D eigenvalue weighted by atomic mass is 127. The summed E-state index contributed by atoms with van der Waals surface area (Å²) in [7, 11) is -3.55. The van der Waals surface area contributed by atoms with E-state index in [0.29, 0.717) is 29.7 Å². The second-order valence-corrected chi connectivity index (χ2v) is 9.26. The molecule has 178 valence electrons. The number of unbranched alkanes of at least 4 members (excludes halogenated alkanes) is 1. The molecule has 0 saturated carbocycles. The number of halogens is 4. The molecule has 2 fully saturated rings. The molecule has 0 bridgehead atoms. The van der Waals surface area contributed by atoms with Gasteiger partial charge in [-0.2, -0.15) is 17.5 Å². The molecule has 0 aromatic heterocycles. The number of aliphatic imine (C=N–C) groups is 1. The zero-order valence-corrected chi connectivity index (χ0v) is 20.4. The van der Waals surface area contributed by atoms with Crippen LogP contribution in [0.2, 0.25) is 0 Å². The molecule has 30 heavy (non-hydrogen) atoms. The number of guanidine groups is 1. The highest BCUT2D eigenvalue weighted by Gasteiger charge is 2.50. The summed E-state index contributed by atoms with van der Waals surface area (Å²) in [5.41, 5.74) is -5.23. The largest absolute Gasteiger partial charge is 0.511 e. The Hall–Kier alpha value is -0.380. The molecule has 0 amide bonds. The van der Waals surface area contributed by atoms with Crippen LogP contribution in [0.1, 0.15) is 25.7 Å². The number of rotatable bonds is 8. The van der Waals surface area contributed by atoms with Crippen LogP contribution in [0.4, 0.5) is 13.2 Å². The van der Waals surface area contributed by atoms with Crippen molar-refractivity contribution in [2.75, 3.05) is 66.1 Å². The molecule has 2 N–H and O–H groups in total. The van der Waals surface area contributed by atoms with Gasteiger partial charge in [0.2, 0.25) is 0 Å². The second kappa shape index (κ2) is 13.2. The molecule has 0 radical (unpaired) electrons. The summed E-state index contributed by atoms with van der Waals surface area (Å²) in [5, 5.41) is 6.43. The first kappa shape index (κ1) is 27.7. The Kier molecular flexibility index (Phi) is 12.2. The first-order chi connectivity index (χ1) is 13.7. The van der Waals surface area contributed by atoms with Crippen LogP contribution in [0.3, 0.4) is 0 Å². The Labute approximate surface area is 194 Å². The maximum atomic E-state index is 12.6. The van der Waals surface area contributed by atoms with Gasteiger partial charge in [0.15, 0.2) is 5.96 Å². The van der Waals surface area contributed by atoms with Crippen LogP contribution in [0.15, 0.2) is 4.99 Å². The molecular formula is C17H33F3IN5O3S. The summed E-state index contributed by atoms with van der Waals surface area (Å²) in [5.74, 6) is 0.760. The van der Waals surface area contributed by atoms with E-state index in [4.69, 9.17) is 4.74 Å². The summed E-state index contributed by atoms with van der Waals surface area (Å²) in [6.45, 7) is 5.74. The third-order valence-electron chi connectivity index (χ3n) is 5.28. The lowest BCUT2D eigenvalue weighted by molar-refractivity contribution is -0.0496. The van der Waals surface area contributed by atoms with Crippen molar-refractivity contribution in [3.05, 3.63) is 0 Å². The summed E-state index contributed by atoms with van der Waals surface area (Å²) in [6, 6.07) is 0. The number of nitrogens with zero attached hydrogens (tertiary/aromatic N) is 3. The van der Waals surface area contributed by atoms with Crippen molar-refractivity contribution in [3.63, 3.8) is 0 Å². The highest BCUT2D eigenvalue weighted by molar-refractivity contribution is 14.0. The Morgan fingerprint density at radius 3 is 2.30 bits per heavy atom. The lowest BCUT2D eigenvalue weighted by Gasteiger charge is -2.31. The monoisotopic (exact) mass is 571 g/mol. The van der Waals surface area contributed by atoms with Gasteiger partial charge in [0.1, 0.15) is 0 Å². The van der Waals surface area contributed by atoms with Gasteiger partial charge >= 0.3 is 15.5 Å². The Balaban J connectivity index is 0.00000450. The molecule has 0 atom stereocenters. The Morgan fingerprint density at radius 1 is 1.10 bits per heavy atom. The van der Waals surface area contributed by atoms with Gasteiger partial charge in [0, 0.05) is 46.3 Å². The molecular weight excluding hydrogens is 538 g/mol. The van der Waals surface area contributed by atoms with Crippen LogP contribution in [0.25, 0.3) is 0 Å². The fraction of sp³-hybridized carbons (Fsp3) is 0.941. The predicted molar refractivity (Wildman–Crippen MR) is 121 cm³/mol. The van der Waals surface area contributed by atoms with Crippen LogP contribution in [0, 0.1) is 5.92 Å². The van der Waals surface area contributed by atoms with Crippen LogP contribution >= 0.6 is 24.0 Å². The minimum absolute atomic E-state index is 0. The van der Waals surface area contributed by atoms with E-state index in [0.717, 1.165) is 52.2 Å². The van der Waals surface area contributed by atoms with Gasteiger partial charge in [0.25, 0.3) is 0 Å². The molecule has 13 heteroatoms. The second-order valence-electron chi connectivity index (χ2n) is 7.33. The smallest absolute Gasteiger partial charge is 0.379 e. The van der Waals surface area contributed by atoms with Gasteiger partial charge in [-0.15, -0.1) is 24.0 Å². The molecule has 2 heterocycles. The van der Waals surface area contributed by atoms with Gasteiger partial charge in [-0.3, -0.25) is 9.89 Å². The SMILES string of the molecule is CN=C(NCCCCN1CCOCC1)NCC1CCN(S(=O)(=O)C(F)(F)F)CC1.I. The lowest BCUT2D eigenvalue weighted by atomic mass is 9.98. The number of nitrogens with one attached hydrogen (secondary N) is 2. The molecule has 2 saturated heterocycles. The van der Waals surface area contributed by atoms with Crippen molar-refractivity contribution >= 4 is 40.0 Å². The average Bonchev–Trinajstić information content (AvgIpc) is 2.70. The van der Waals surface area contributed by atoms with E-state index in [9.17, 15) is 21.6 Å². The van der Waals surface area contributed by atoms with Crippen molar-refractivity contribution in [1.82, 2.24) is 19.8 Å². The maximum absolute atomic E-state index is 12.6. The van der Waals surface area contributed by atoms with Crippen molar-refractivity contribution < 1.29 is 26.3 Å². The zero-order chi connectivity index (χ0) is 21.3. The number of alkyl halides is 3. The van der Waals surface area contributed by atoms with E-state index in [-0.39, 0.29) is 43.0 Å². The van der Waals surface area contributed by atoms with Gasteiger partial charge in [-0.1, -0.05) is 0 Å². The molecule has 2 aliphatic rings. The van der Waals surface area contributed by atoms with Crippen molar-refractivity contribution in [1.29, 1.82) is 0 Å². The molecule has 2 rings (SSSR count). The number of hydrogen-bond acceptors (Lipinski definition) is 5. The first-order valence-electron chi connectivity index (χ1n) is 10.0. The molecule has 0 spiro atoms. The third-order valence-corrected chi connectivity index (χ3v) is 6.91. The maximum Gasteiger partial charge on any atom is 0.511 e. The summed E-state index contributed by atoms with van der Waals surface area (Å²) in [4.78, 5) is 6.55. The summed E-state index contributed by atoms with van der Waals surface area (Å²) >= 11 is 0. The predicted octanol–water partition coefficient (Wildman–Crippen LogP) is 1.44. The van der Waals surface area contributed by atoms with E-state index in [1.54, 1.807) is 7.05 Å². The van der Waals surface area contributed by atoms with Crippen LogP contribution in [-0.2, 0) is 14.8 Å². The standard InChI is InChI=1S/C17H32F3N5O3S.HI/c1-21-16(22-6-2-3-7-24-10-12-28-13-11-24)23-14-15-4-8-25(9-5-15)29(26,27)17(18,19)20;/h15H,2-14H2,1H3,(H2,21,22,23);1H. The summed E-state index contributed by atoms with van der Waals surface area (Å²) < 4.78 is 66.6. The van der Waals surface area contributed by atoms with Crippen LogP contribution in [-0.4, -0.2) is 95.2 Å². The fourth-order valence-electron chi connectivity index (χ4n) is 3.45. The topological polar surface area (TPSA) is 86.3 Å². The van der Waals surface area contributed by atoms with Crippen molar-refractivity contribution in [2.45, 2.75) is 31.2 Å². The zero-order valence-electron chi connectivity index (χ0n) is 17.3. The van der Waals surface area contributed by atoms with E-state index >= 15 is 0 Å². The van der Waals surface area contributed by atoms with Gasteiger partial charge in [-0.25, -0.2) is 8.42 Å². The third kappa shape index (κ3) is 8.63. The minimum atomic E-state index is -5.23. The number of morpholine rings is 1. The Bertz CT molecular complexity index is 623. The quantitative estimate of drug-likeness (QED) is 0.199. The highest BCUT2D eigenvalue weighted by Crippen LogP contribution is 2.30. The number of hydrogen-bond donors (Lipinski definition) is 2. The van der Waals surface area contributed by atoms with Gasteiger partial charge in [0.05, 0.1) is 13.2 Å². The molecule has 0 aromatic rings. The minimum Gasteiger partial charge on any atom is -0.379 e. The average molecular weight is 571 g/mol. The van der Waals surface area contributed by atoms with Gasteiger partial charge < -0.3 is 15.4 Å². The van der Waals surface area contributed by atoms with E-state index in [1.165, 1.54) is 0 Å². The Morgan fingerprint density at radius 2 is 1.73 bits per heavy atom. The molecule has 0 aliphatic carbocycles. The number of piperidine rings is 1. The number of ether oxygens (including phenoxy) is 1. The number of sulfonamides is 1. The molecule has 0 aromatic carbocycles. The van der Waals surface area contributed by atoms with Crippen LogP contribution < -0.4 is 10.6 Å². The normalized spacial score (nSPS) is 20.6. The molecule has 0 unspecified atom stereocenters. The molecule has 2 aliphatic heterocycles. The van der Waals surface area contributed by atoms with Crippen LogP contribution in [0.5, 0.6) is 0 Å².